The summed E-state index contributed by atoms with van der Waals surface area (Å²) in [5, 5.41) is 10.6. The molecule has 1 aromatic carbocycles. The zero-order valence-electron chi connectivity index (χ0n) is 6.87. The molecule has 1 heterocycles. The van der Waals surface area contributed by atoms with E-state index in [1.54, 1.807) is 18.3 Å². The van der Waals surface area contributed by atoms with E-state index in [-0.39, 0.29) is 6.61 Å². The SMILES string of the molecule is OCc1ccnc2ccc(Cl)cc12. The lowest BCUT2D eigenvalue weighted by Gasteiger charge is -2.02. The zero-order chi connectivity index (χ0) is 9.26. The standard InChI is InChI=1S/C10H8ClNO/c11-8-1-2-10-9(5-8)7(6-13)3-4-12-10/h1-5,13H,6H2. The molecule has 1 aromatic heterocycles. The first-order valence-electron chi connectivity index (χ1n) is 3.95. The summed E-state index contributed by atoms with van der Waals surface area (Å²) >= 11 is 5.84. The minimum atomic E-state index is 0.0133. The smallest absolute Gasteiger partial charge is 0.0706 e. The molecule has 1 N–H and O–H groups in total. The number of aromatic nitrogens is 1. The van der Waals surface area contributed by atoms with Crippen molar-refractivity contribution in [3.8, 4) is 0 Å². The number of benzene rings is 1. The Labute approximate surface area is 80.8 Å². The van der Waals surface area contributed by atoms with Crippen LogP contribution in [-0.4, -0.2) is 10.1 Å². The number of fused-ring (bicyclic) bond motifs is 1. The van der Waals surface area contributed by atoms with E-state index < -0.39 is 0 Å². The van der Waals surface area contributed by atoms with Crippen LogP contribution in [0.25, 0.3) is 10.9 Å². The molecular weight excluding hydrogens is 186 g/mol. The lowest BCUT2D eigenvalue weighted by Crippen LogP contribution is -1.87. The Kier molecular flexibility index (Phi) is 2.17. The highest BCUT2D eigenvalue weighted by Gasteiger charge is 2.00. The largest absolute Gasteiger partial charge is 0.392 e. The molecule has 0 saturated heterocycles. The van der Waals surface area contributed by atoms with Gasteiger partial charge in [-0.3, -0.25) is 4.98 Å². The van der Waals surface area contributed by atoms with Gasteiger partial charge in [0.25, 0.3) is 0 Å². The van der Waals surface area contributed by atoms with Gasteiger partial charge in [0.2, 0.25) is 0 Å². The van der Waals surface area contributed by atoms with Crippen molar-refractivity contribution < 1.29 is 5.11 Å². The van der Waals surface area contributed by atoms with Crippen molar-refractivity contribution in [2.75, 3.05) is 0 Å². The van der Waals surface area contributed by atoms with Crippen LogP contribution in [0, 0.1) is 0 Å². The quantitative estimate of drug-likeness (QED) is 0.755. The van der Waals surface area contributed by atoms with Crippen LogP contribution in [0.2, 0.25) is 5.02 Å². The number of pyridine rings is 1. The highest BCUT2D eigenvalue weighted by atomic mass is 35.5. The first-order valence-corrected chi connectivity index (χ1v) is 4.33. The number of rotatable bonds is 1. The van der Waals surface area contributed by atoms with Gasteiger partial charge in [0, 0.05) is 16.6 Å². The van der Waals surface area contributed by atoms with Gasteiger partial charge in [0.05, 0.1) is 12.1 Å². The summed E-state index contributed by atoms with van der Waals surface area (Å²) in [5.41, 5.74) is 1.71. The van der Waals surface area contributed by atoms with Gasteiger partial charge in [-0.05, 0) is 29.8 Å². The molecule has 0 saturated carbocycles. The molecule has 0 aliphatic heterocycles. The highest BCUT2D eigenvalue weighted by Crippen LogP contribution is 2.20. The molecule has 0 amide bonds. The van der Waals surface area contributed by atoms with E-state index in [4.69, 9.17) is 16.7 Å². The van der Waals surface area contributed by atoms with Crippen molar-refractivity contribution in [1.82, 2.24) is 4.98 Å². The van der Waals surface area contributed by atoms with Gasteiger partial charge >= 0.3 is 0 Å². The van der Waals surface area contributed by atoms with Crippen LogP contribution in [0.5, 0.6) is 0 Å². The first kappa shape index (κ1) is 8.48. The predicted octanol–water partition coefficient (Wildman–Crippen LogP) is 2.38. The summed E-state index contributed by atoms with van der Waals surface area (Å²) < 4.78 is 0. The van der Waals surface area contributed by atoms with E-state index in [1.807, 2.05) is 12.1 Å². The van der Waals surface area contributed by atoms with Crippen LogP contribution in [0.4, 0.5) is 0 Å². The van der Waals surface area contributed by atoms with E-state index in [2.05, 4.69) is 4.98 Å². The van der Waals surface area contributed by atoms with Gasteiger partial charge in [-0.25, -0.2) is 0 Å². The fourth-order valence-corrected chi connectivity index (χ4v) is 1.49. The number of hydrogen-bond acceptors (Lipinski definition) is 2. The monoisotopic (exact) mass is 193 g/mol. The van der Waals surface area contributed by atoms with Crippen molar-refractivity contribution in [2.45, 2.75) is 6.61 Å². The normalized spacial score (nSPS) is 10.6. The van der Waals surface area contributed by atoms with E-state index in [9.17, 15) is 0 Å². The van der Waals surface area contributed by atoms with Crippen LogP contribution in [0.15, 0.2) is 30.5 Å². The number of nitrogens with zero attached hydrogens (tertiary/aromatic N) is 1. The molecule has 3 heteroatoms. The van der Waals surface area contributed by atoms with E-state index in [0.717, 1.165) is 16.5 Å². The molecule has 66 valence electrons. The maximum absolute atomic E-state index is 9.06. The van der Waals surface area contributed by atoms with E-state index in [1.165, 1.54) is 0 Å². The Morgan fingerprint density at radius 2 is 2.15 bits per heavy atom. The van der Waals surface area contributed by atoms with Gasteiger partial charge in [0.1, 0.15) is 0 Å². The number of halogens is 1. The van der Waals surface area contributed by atoms with E-state index in [0.29, 0.717) is 5.02 Å². The first-order chi connectivity index (χ1) is 6.31. The average molecular weight is 194 g/mol. The Balaban J connectivity index is 2.79. The third kappa shape index (κ3) is 1.50. The van der Waals surface area contributed by atoms with Crippen molar-refractivity contribution in [1.29, 1.82) is 0 Å². The summed E-state index contributed by atoms with van der Waals surface area (Å²) in [7, 11) is 0. The molecule has 2 rings (SSSR count). The molecule has 0 fully saturated rings. The maximum atomic E-state index is 9.06. The third-order valence-corrected chi connectivity index (χ3v) is 2.20. The molecule has 13 heavy (non-hydrogen) atoms. The van der Waals surface area contributed by atoms with Crippen LogP contribution in [-0.2, 0) is 6.61 Å². The summed E-state index contributed by atoms with van der Waals surface area (Å²) in [6, 6.07) is 7.24. The van der Waals surface area contributed by atoms with Crippen LogP contribution in [0.3, 0.4) is 0 Å². The molecule has 0 aliphatic carbocycles. The van der Waals surface area contributed by atoms with E-state index >= 15 is 0 Å². The highest BCUT2D eigenvalue weighted by molar-refractivity contribution is 6.31. The van der Waals surface area contributed by atoms with Crippen molar-refractivity contribution in [2.24, 2.45) is 0 Å². The number of hydrogen-bond donors (Lipinski definition) is 1. The number of aliphatic hydroxyl groups is 1. The zero-order valence-corrected chi connectivity index (χ0v) is 7.62. The van der Waals surface area contributed by atoms with Crippen LogP contribution >= 0.6 is 11.6 Å². The predicted molar refractivity (Wildman–Crippen MR) is 52.7 cm³/mol. The van der Waals surface area contributed by atoms with Gasteiger partial charge in [-0.2, -0.15) is 0 Å². The van der Waals surface area contributed by atoms with Gasteiger partial charge < -0.3 is 5.11 Å². The third-order valence-electron chi connectivity index (χ3n) is 1.96. The minimum Gasteiger partial charge on any atom is -0.392 e. The summed E-state index contributed by atoms with van der Waals surface area (Å²) in [5.74, 6) is 0. The van der Waals surface area contributed by atoms with Gasteiger partial charge in [-0.15, -0.1) is 0 Å². The topological polar surface area (TPSA) is 33.1 Å². The van der Waals surface area contributed by atoms with Gasteiger partial charge in [0.15, 0.2) is 0 Å². The van der Waals surface area contributed by atoms with Crippen molar-refractivity contribution in [3.05, 3.63) is 41.0 Å². The second-order valence-corrected chi connectivity index (χ2v) is 3.23. The molecule has 0 bridgehead atoms. The summed E-state index contributed by atoms with van der Waals surface area (Å²) in [4.78, 5) is 4.16. The molecule has 0 radical (unpaired) electrons. The Morgan fingerprint density at radius 1 is 1.31 bits per heavy atom. The second-order valence-electron chi connectivity index (χ2n) is 2.79. The van der Waals surface area contributed by atoms with Crippen LogP contribution < -0.4 is 0 Å². The molecule has 2 nitrogen and oxygen atoms in total. The molecule has 2 aromatic rings. The molecule has 0 spiro atoms. The minimum absolute atomic E-state index is 0.0133. The fourth-order valence-electron chi connectivity index (χ4n) is 1.31. The van der Waals surface area contributed by atoms with Crippen LogP contribution in [0.1, 0.15) is 5.56 Å². The maximum Gasteiger partial charge on any atom is 0.0706 e. The molecule has 0 aliphatic rings. The molecular formula is C10H8ClNO. The Hall–Kier alpha value is -1.12. The molecule has 0 unspecified atom stereocenters. The lowest BCUT2D eigenvalue weighted by atomic mass is 10.1. The number of aliphatic hydroxyl groups excluding tert-OH is 1. The summed E-state index contributed by atoms with van der Waals surface area (Å²) in [6.07, 6.45) is 1.68. The average Bonchev–Trinajstić information content (AvgIpc) is 2.17. The van der Waals surface area contributed by atoms with Crippen molar-refractivity contribution in [3.63, 3.8) is 0 Å². The van der Waals surface area contributed by atoms with Gasteiger partial charge in [-0.1, -0.05) is 11.6 Å². The Morgan fingerprint density at radius 3 is 2.92 bits per heavy atom. The second kappa shape index (κ2) is 3.32. The molecule has 0 atom stereocenters. The fraction of sp³-hybridized carbons (Fsp3) is 0.100. The lowest BCUT2D eigenvalue weighted by molar-refractivity contribution is 0.283. The van der Waals surface area contributed by atoms with Crippen molar-refractivity contribution >= 4 is 22.5 Å². The Bertz CT molecular complexity index is 442. The summed E-state index contributed by atoms with van der Waals surface area (Å²) in [6.45, 7) is 0.0133.